The molecule has 2 aliphatic rings. The summed E-state index contributed by atoms with van der Waals surface area (Å²) in [4.78, 5) is 21.5. The van der Waals surface area contributed by atoms with Crippen LogP contribution >= 0.6 is 0 Å². The normalized spacial score (nSPS) is 22.6. The lowest BCUT2D eigenvalue weighted by atomic mass is 9.83. The van der Waals surface area contributed by atoms with Crippen LogP contribution in [0.2, 0.25) is 0 Å². The van der Waals surface area contributed by atoms with Crippen LogP contribution < -0.4 is 21.1 Å². The number of rotatable bonds is 9. The largest absolute Gasteiger partial charge is 0.495 e. The summed E-state index contributed by atoms with van der Waals surface area (Å²) in [6.07, 6.45) is 6.14. The number of ether oxygens (including phenoxy) is 1. The maximum atomic E-state index is 13.2. The summed E-state index contributed by atoms with van der Waals surface area (Å²) in [5, 5.41) is 16.8. The maximum Gasteiger partial charge on any atom is 0.271 e. The molecule has 2 heterocycles. The number of methoxy groups -OCH3 is 1. The van der Waals surface area contributed by atoms with Crippen LogP contribution in [0.5, 0.6) is 5.75 Å². The topological polar surface area (TPSA) is 160 Å². The Morgan fingerprint density at radius 2 is 1.87 bits per heavy atom. The minimum absolute atomic E-state index is 0.0111. The van der Waals surface area contributed by atoms with Crippen LogP contribution in [0.15, 0.2) is 23.1 Å². The van der Waals surface area contributed by atoms with Gasteiger partial charge in [-0.25, -0.2) is 18.4 Å². The second kappa shape index (κ2) is 11.4. The van der Waals surface area contributed by atoms with Crippen molar-refractivity contribution in [2.75, 3.05) is 30.8 Å². The lowest BCUT2D eigenvalue weighted by Crippen LogP contribution is -2.36. The van der Waals surface area contributed by atoms with E-state index in [4.69, 9.17) is 10.5 Å². The number of piperidine rings is 1. The van der Waals surface area contributed by atoms with E-state index in [-0.39, 0.29) is 28.2 Å². The van der Waals surface area contributed by atoms with Crippen molar-refractivity contribution in [3.8, 4) is 5.75 Å². The van der Waals surface area contributed by atoms with E-state index in [0.29, 0.717) is 49.6 Å². The Bertz CT molecular complexity index is 1270. The number of carbonyl (C=O) groups is 1. The van der Waals surface area contributed by atoms with E-state index < -0.39 is 21.5 Å². The van der Waals surface area contributed by atoms with Gasteiger partial charge in [0.1, 0.15) is 16.5 Å². The standard InChI is InChI=1S/C26H38N6O5S/c1-4-19-24(28-17-10-12-26(2,34)13-11-17)31-25(22(30-19)23(27)33)29-18-8-9-21(20(16-18)37-3)38(35,36)32-14-6-5-7-15-32/h8-9,16-17,34H,4-7,10-15H2,1-3H3,(H2,27,33)(H2,28,29,31). The Morgan fingerprint density at radius 1 is 1.18 bits per heavy atom. The number of hydrogen-bond donors (Lipinski definition) is 4. The molecule has 1 aromatic carbocycles. The summed E-state index contributed by atoms with van der Waals surface area (Å²) in [7, 11) is -2.29. The van der Waals surface area contributed by atoms with Crippen LogP contribution in [0.4, 0.5) is 17.3 Å². The second-order valence-electron chi connectivity index (χ2n) is 10.3. The fourth-order valence-electron chi connectivity index (χ4n) is 5.01. The van der Waals surface area contributed by atoms with Gasteiger partial charge in [0.05, 0.1) is 18.4 Å². The molecule has 0 unspecified atom stereocenters. The fraction of sp³-hybridized carbons (Fsp3) is 0.577. The molecule has 38 heavy (non-hydrogen) atoms. The van der Waals surface area contributed by atoms with Crippen molar-refractivity contribution in [1.29, 1.82) is 0 Å². The van der Waals surface area contributed by atoms with Gasteiger partial charge in [0.25, 0.3) is 5.91 Å². The summed E-state index contributed by atoms with van der Waals surface area (Å²) in [5.74, 6) is 0.162. The zero-order valence-electron chi connectivity index (χ0n) is 22.3. The minimum Gasteiger partial charge on any atom is -0.495 e. The highest BCUT2D eigenvalue weighted by Crippen LogP contribution is 2.34. The highest BCUT2D eigenvalue weighted by Gasteiger charge is 2.31. The first-order chi connectivity index (χ1) is 18.0. The minimum atomic E-state index is -3.71. The van der Waals surface area contributed by atoms with E-state index in [1.807, 2.05) is 13.8 Å². The molecule has 1 amide bonds. The highest BCUT2D eigenvalue weighted by molar-refractivity contribution is 7.89. The van der Waals surface area contributed by atoms with Gasteiger partial charge in [-0.05, 0) is 64.0 Å². The van der Waals surface area contributed by atoms with Crippen molar-refractivity contribution in [1.82, 2.24) is 14.3 Å². The molecule has 5 N–H and O–H groups in total. The van der Waals surface area contributed by atoms with Crippen LogP contribution in [-0.2, 0) is 16.4 Å². The molecule has 0 spiro atoms. The molecular formula is C26H38N6O5S. The third-order valence-corrected chi connectivity index (χ3v) is 9.24. The number of amides is 1. The Hall–Kier alpha value is -2.96. The van der Waals surface area contributed by atoms with Crippen LogP contribution in [0, 0.1) is 0 Å². The van der Waals surface area contributed by atoms with Gasteiger partial charge in [-0.15, -0.1) is 0 Å². The smallest absolute Gasteiger partial charge is 0.271 e. The summed E-state index contributed by atoms with van der Waals surface area (Å²) in [5.41, 5.74) is 6.05. The van der Waals surface area contributed by atoms with Gasteiger partial charge in [0.15, 0.2) is 11.5 Å². The predicted octanol–water partition coefficient (Wildman–Crippen LogP) is 3.17. The number of aryl methyl sites for hydroxylation is 1. The van der Waals surface area contributed by atoms with Crippen LogP contribution in [0.1, 0.15) is 75.0 Å². The van der Waals surface area contributed by atoms with E-state index in [9.17, 15) is 18.3 Å². The maximum absolute atomic E-state index is 13.2. The van der Waals surface area contributed by atoms with Crippen LogP contribution in [0.25, 0.3) is 0 Å². The first-order valence-electron chi connectivity index (χ1n) is 13.2. The Labute approximate surface area is 224 Å². The van der Waals surface area contributed by atoms with Crippen LogP contribution in [-0.4, -0.2) is 65.5 Å². The fourth-order valence-corrected chi connectivity index (χ4v) is 6.66. The number of aliphatic hydroxyl groups is 1. The summed E-state index contributed by atoms with van der Waals surface area (Å²) in [6.45, 7) is 4.74. The molecule has 208 valence electrons. The van der Waals surface area contributed by atoms with Gasteiger partial charge < -0.3 is 26.2 Å². The number of carbonyl (C=O) groups excluding carboxylic acids is 1. The zero-order valence-corrected chi connectivity index (χ0v) is 23.1. The molecule has 0 radical (unpaired) electrons. The molecule has 12 heteroatoms. The predicted molar refractivity (Wildman–Crippen MR) is 145 cm³/mol. The number of nitrogens with one attached hydrogen (secondary N) is 2. The van der Waals surface area contributed by atoms with Gasteiger partial charge >= 0.3 is 0 Å². The number of nitrogens with two attached hydrogens (primary N) is 1. The van der Waals surface area contributed by atoms with E-state index in [1.165, 1.54) is 17.5 Å². The molecular weight excluding hydrogens is 508 g/mol. The Kier molecular flexibility index (Phi) is 8.43. The third-order valence-electron chi connectivity index (χ3n) is 7.30. The SMILES string of the molecule is CCc1nc(C(N)=O)c(Nc2ccc(S(=O)(=O)N3CCCCC3)c(OC)c2)nc1NC1CCC(C)(O)CC1. The van der Waals surface area contributed by atoms with Crippen molar-refractivity contribution in [2.24, 2.45) is 5.73 Å². The molecule has 0 atom stereocenters. The average molecular weight is 547 g/mol. The zero-order chi connectivity index (χ0) is 27.5. The van der Waals surface area contributed by atoms with Gasteiger partial charge in [-0.1, -0.05) is 13.3 Å². The summed E-state index contributed by atoms with van der Waals surface area (Å²) >= 11 is 0. The lowest BCUT2D eigenvalue weighted by Gasteiger charge is -2.34. The Morgan fingerprint density at radius 3 is 2.47 bits per heavy atom. The highest BCUT2D eigenvalue weighted by atomic mass is 32.2. The number of aromatic nitrogens is 2. The average Bonchev–Trinajstić information content (AvgIpc) is 2.90. The molecule has 2 aromatic rings. The molecule has 1 aliphatic carbocycles. The molecule has 2 fully saturated rings. The summed E-state index contributed by atoms with van der Waals surface area (Å²) < 4.78 is 33.4. The number of nitrogens with zero attached hydrogens (tertiary/aromatic N) is 3. The molecule has 1 aliphatic heterocycles. The first kappa shape index (κ1) is 28.1. The number of anilines is 3. The number of sulfonamides is 1. The second-order valence-corrected chi connectivity index (χ2v) is 12.2. The Balaban J connectivity index is 1.63. The lowest BCUT2D eigenvalue weighted by molar-refractivity contribution is 0.0196. The molecule has 1 aromatic heterocycles. The number of benzene rings is 1. The van der Waals surface area contributed by atoms with Gasteiger partial charge in [0, 0.05) is 30.9 Å². The van der Waals surface area contributed by atoms with Crippen molar-refractivity contribution >= 4 is 33.3 Å². The van der Waals surface area contributed by atoms with Gasteiger partial charge in [-0.2, -0.15) is 4.31 Å². The van der Waals surface area contributed by atoms with E-state index in [0.717, 1.165) is 32.1 Å². The van der Waals surface area contributed by atoms with Crippen molar-refractivity contribution in [3.63, 3.8) is 0 Å². The van der Waals surface area contributed by atoms with Crippen molar-refractivity contribution in [2.45, 2.75) is 81.8 Å². The molecule has 1 saturated heterocycles. The monoisotopic (exact) mass is 546 g/mol. The molecule has 0 bridgehead atoms. The van der Waals surface area contributed by atoms with Gasteiger partial charge in [0.2, 0.25) is 10.0 Å². The summed E-state index contributed by atoms with van der Waals surface area (Å²) in [6, 6.07) is 4.78. The molecule has 4 rings (SSSR count). The molecule has 11 nitrogen and oxygen atoms in total. The van der Waals surface area contributed by atoms with Crippen molar-refractivity contribution in [3.05, 3.63) is 29.6 Å². The van der Waals surface area contributed by atoms with E-state index >= 15 is 0 Å². The van der Waals surface area contributed by atoms with Gasteiger partial charge in [-0.3, -0.25) is 4.79 Å². The third kappa shape index (κ3) is 6.19. The number of hydrogen-bond acceptors (Lipinski definition) is 9. The number of primary amides is 1. The van der Waals surface area contributed by atoms with Crippen LogP contribution in [0.3, 0.4) is 0 Å². The first-order valence-corrected chi connectivity index (χ1v) is 14.6. The van der Waals surface area contributed by atoms with E-state index in [1.54, 1.807) is 12.1 Å². The molecule has 1 saturated carbocycles. The van der Waals surface area contributed by atoms with Crippen molar-refractivity contribution < 1.29 is 23.1 Å². The van der Waals surface area contributed by atoms with E-state index in [2.05, 4.69) is 20.6 Å². The quantitative estimate of drug-likeness (QED) is 0.370.